The summed E-state index contributed by atoms with van der Waals surface area (Å²) in [5, 5.41) is 6.45. The van der Waals surface area contributed by atoms with E-state index in [0.717, 1.165) is 44.3 Å². The second-order valence-electron chi connectivity index (χ2n) is 14.4. The number of hydrogen-bond donors (Lipinski definition) is 0. The van der Waals surface area contributed by atoms with Gasteiger partial charge in [0.1, 0.15) is 36.1 Å². The summed E-state index contributed by atoms with van der Waals surface area (Å²) in [6, 6.07) is 38.4. The van der Waals surface area contributed by atoms with E-state index in [9.17, 15) is 38.9 Å². The van der Waals surface area contributed by atoms with E-state index >= 15 is 0 Å². The molecular weight excluding hydrogens is 890 g/mol. The van der Waals surface area contributed by atoms with Gasteiger partial charge in [0.2, 0.25) is 0 Å². The van der Waals surface area contributed by atoms with Crippen LogP contribution in [0.2, 0.25) is 0 Å². The van der Waals surface area contributed by atoms with Crippen molar-refractivity contribution < 1.29 is 132 Å². The summed E-state index contributed by atoms with van der Waals surface area (Å²) >= 11 is 0. The van der Waals surface area contributed by atoms with Crippen molar-refractivity contribution in [2.45, 2.75) is 54.2 Å². The van der Waals surface area contributed by atoms with Gasteiger partial charge in [0, 0.05) is 0 Å². The summed E-state index contributed by atoms with van der Waals surface area (Å²) in [5.41, 5.74) is 4.88. The molecule has 0 radical (unpaired) electrons. The molecule has 0 saturated heterocycles. The van der Waals surface area contributed by atoms with Crippen molar-refractivity contribution in [3.8, 4) is 5.75 Å². The van der Waals surface area contributed by atoms with Crippen molar-refractivity contribution in [2.24, 2.45) is 0 Å². The Labute approximate surface area is 434 Å². The second kappa shape index (κ2) is 21.8. The van der Waals surface area contributed by atoms with Gasteiger partial charge >= 0.3 is 88.7 Å². The van der Waals surface area contributed by atoms with Crippen LogP contribution in [0.15, 0.2) is 148 Å². The monoisotopic (exact) mass is 928 g/mol. The molecule has 0 fully saturated rings. The third-order valence-electron chi connectivity index (χ3n) is 10.9. The van der Waals surface area contributed by atoms with E-state index in [1.165, 1.54) is 47.2 Å². The molecule has 0 unspecified atom stereocenters. The van der Waals surface area contributed by atoms with E-state index in [-0.39, 0.29) is 98.5 Å². The first-order valence-electron chi connectivity index (χ1n) is 19.0. The van der Waals surface area contributed by atoms with Crippen molar-refractivity contribution in [3.63, 3.8) is 0 Å². The smallest absolute Gasteiger partial charge is 0.744 e. The minimum atomic E-state index is -4.80. The zero-order valence-corrected chi connectivity index (χ0v) is 44.3. The topological polar surface area (TPSA) is 181 Å². The van der Waals surface area contributed by atoms with Crippen molar-refractivity contribution in [2.75, 3.05) is 7.11 Å². The van der Waals surface area contributed by atoms with E-state index in [4.69, 9.17) is 4.74 Å². The first kappa shape index (κ1) is 52.9. The van der Waals surface area contributed by atoms with Crippen molar-refractivity contribution >= 4 is 73.4 Å². The number of ether oxygens (including phenoxy) is 1. The fourth-order valence-electron chi connectivity index (χ4n) is 7.75. The average Bonchev–Trinajstić information content (AvgIpc) is 3.23. The molecule has 0 heterocycles. The van der Waals surface area contributed by atoms with Crippen LogP contribution in [0.3, 0.4) is 0 Å². The molecular formula is C47H39Na3O10S3. The Morgan fingerprint density at radius 2 is 0.730 bits per heavy atom. The molecule has 8 aromatic rings. The zero-order chi connectivity index (χ0) is 43.0. The molecule has 63 heavy (non-hydrogen) atoms. The van der Waals surface area contributed by atoms with Crippen LogP contribution in [-0.2, 0) is 56.0 Å². The fraction of sp³-hybridized carbons (Fsp3) is 0.149. The summed E-state index contributed by atoms with van der Waals surface area (Å²) in [4.78, 5) is -1.06. The van der Waals surface area contributed by atoms with Gasteiger partial charge in [0.25, 0.3) is 0 Å². The molecule has 8 aromatic carbocycles. The first-order valence-corrected chi connectivity index (χ1v) is 23.2. The maximum absolute atomic E-state index is 12.1. The number of rotatable bonds is 10. The van der Waals surface area contributed by atoms with E-state index in [2.05, 4.69) is 18.2 Å². The van der Waals surface area contributed by atoms with Gasteiger partial charge in [-0.15, -0.1) is 0 Å². The molecule has 0 aliphatic rings. The van der Waals surface area contributed by atoms with Crippen LogP contribution in [0, 0.1) is 0 Å². The van der Waals surface area contributed by atoms with Gasteiger partial charge in [-0.3, -0.25) is 0 Å². The molecule has 10 nitrogen and oxygen atoms in total. The van der Waals surface area contributed by atoms with Crippen molar-refractivity contribution in [3.05, 3.63) is 167 Å². The number of methoxy groups -OCH3 is 1. The van der Waals surface area contributed by atoms with Gasteiger partial charge in [-0.1, -0.05) is 98.8 Å². The predicted octanol–water partition coefficient (Wildman–Crippen LogP) is 0.0253. The molecule has 16 heteroatoms. The third kappa shape index (κ3) is 12.0. The molecule has 8 rings (SSSR count). The Balaban J connectivity index is 0.000000500. The summed E-state index contributed by atoms with van der Waals surface area (Å²) in [5.74, 6) is 0.911. The Morgan fingerprint density at radius 1 is 0.397 bits per heavy atom. The predicted molar refractivity (Wildman–Crippen MR) is 231 cm³/mol. The number of aryl methyl sites for hydroxylation is 2. The van der Waals surface area contributed by atoms with Gasteiger partial charge in [0.15, 0.2) is 0 Å². The van der Waals surface area contributed by atoms with Gasteiger partial charge in [-0.25, -0.2) is 25.3 Å². The number of benzene rings is 8. The SMILES string of the molecule is CCc1ccc(Cc2ccc(Cc3ccc(CC)c4ccc(S(=O)(=O)[O-])cc34)c3ccc(S(=O)(=O)[O-])cc23)c2ccc(S(=O)(=O)[O-])cc12.COc1ccc2ccccc2c1.[Na+].[Na+].[Na+]. The molecule has 0 atom stereocenters. The molecule has 0 spiro atoms. The minimum absolute atomic E-state index is 0. The van der Waals surface area contributed by atoms with Crippen LogP contribution in [0.25, 0.3) is 43.1 Å². The van der Waals surface area contributed by atoms with Gasteiger partial charge in [0.05, 0.1) is 21.8 Å². The minimum Gasteiger partial charge on any atom is -0.744 e. The average molecular weight is 929 g/mol. The quantitative estimate of drug-likeness (QED) is 0.134. The Bertz CT molecular complexity index is 3320. The molecule has 0 bridgehead atoms. The van der Waals surface area contributed by atoms with E-state index < -0.39 is 35.2 Å². The molecule has 0 aromatic heterocycles. The maximum Gasteiger partial charge on any atom is 1.00 e. The largest absolute Gasteiger partial charge is 1.00 e. The Kier molecular flexibility index (Phi) is 18.3. The summed E-state index contributed by atoms with van der Waals surface area (Å²) in [6.45, 7) is 3.90. The zero-order valence-electron chi connectivity index (χ0n) is 35.8. The molecule has 0 N–H and O–H groups in total. The van der Waals surface area contributed by atoms with Crippen molar-refractivity contribution in [1.82, 2.24) is 0 Å². The van der Waals surface area contributed by atoms with Gasteiger partial charge in [-0.2, -0.15) is 0 Å². The molecule has 0 saturated carbocycles. The fourth-order valence-corrected chi connectivity index (χ4v) is 9.24. The molecule has 0 aliphatic carbocycles. The first-order chi connectivity index (χ1) is 28.5. The van der Waals surface area contributed by atoms with Crippen molar-refractivity contribution in [1.29, 1.82) is 0 Å². The number of hydrogen-bond acceptors (Lipinski definition) is 10. The number of fused-ring (bicyclic) bond motifs is 4. The summed E-state index contributed by atoms with van der Waals surface area (Å²) < 4.78 is 112. The van der Waals surface area contributed by atoms with Crippen LogP contribution < -0.4 is 93.4 Å². The molecule has 308 valence electrons. The van der Waals surface area contributed by atoms with Crippen LogP contribution in [0.1, 0.15) is 47.2 Å². The van der Waals surface area contributed by atoms with Crippen LogP contribution >= 0.6 is 0 Å². The van der Waals surface area contributed by atoms with Crippen LogP contribution in [0.4, 0.5) is 0 Å². The molecule has 0 aliphatic heterocycles. The Morgan fingerprint density at radius 3 is 1.11 bits per heavy atom. The maximum atomic E-state index is 12.1. The van der Waals surface area contributed by atoms with Gasteiger partial charge < -0.3 is 18.4 Å². The van der Waals surface area contributed by atoms with E-state index in [0.29, 0.717) is 52.8 Å². The van der Waals surface area contributed by atoms with Crippen LogP contribution in [0.5, 0.6) is 5.75 Å². The van der Waals surface area contributed by atoms with Gasteiger partial charge in [-0.05, 0) is 151 Å². The second-order valence-corrected chi connectivity index (χ2v) is 18.5. The summed E-state index contributed by atoms with van der Waals surface area (Å²) in [7, 11) is -12.5. The normalized spacial score (nSPS) is 11.6. The molecule has 0 amide bonds. The Hall–Kier alpha value is -2.67. The third-order valence-corrected chi connectivity index (χ3v) is 13.3. The van der Waals surface area contributed by atoms with E-state index in [1.54, 1.807) is 25.3 Å². The summed E-state index contributed by atoms with van der Waals surface area (Å²) in [6.07, 6.45) is 1.88. The van der Waals surface area contributed by atoms with Crippen LogP contribution in [-0.4, -0.2) is 46.0 Å². The van der Waals surface area contributed by atoms with E-state index in [1.807, 2.05) is 74.5 Å². The standard InChI is InChI=1S/C36H32O9S3.C11H10O.3Na/c1-3-22-5-8-26(35-20-29(47(40,41)42)11-14-31(22)35)18-25-9-10-27(36-21-30(48(43,44)45)13-16-33(25)36)17-24-7-6-23(4-2)34-19-28(46(37,38)39)12-15-32(24)34;1-12-11-7-6-9-4-2-3-5-10(9)8-11;;;/h5-16,19-21H,3-4,17-18H2,1-2H3,(H,37,38,39)(H,40,41,42)(H,43,44,45);2-8H,1H3;;;/q;;3*+1/p-3.